The number of benzene rings is 3. The molecule has 1 aliphatic heterocycles. The van der Waals surface area contributed by atoms with Crippen LogP contribution in [0.15, 0.2) is 69.9 Å². The molecule has 3 aromatic carbocycles. The van der Waals surface area contributed by atoms with Crippen LogP contribution >= 0.6 is 11.6 Å². The number of carbonyl (C=O) groups is 1. The van der Waals surface area contributed by atoms with Crippen molar-refractivity contribution in [1.82, 2.24) is 0 Å². The molecule has 1 unspecified atom stereocenters. The Balaban J connectivity index is 1.81. The second-order valence-electron chi connectivity index (χ2n) is 7.92. The van der Waals surface area contributed by atoms with Gasteiger partial charge in [-0.1, -0.05) is 35.4 Å². The molecule has 0 N–H and O–H groups in total. The van der Waals surface area contributed by atoms with Crippen LogP contribution in [0.2, 0.25) is 5.02 Å². The van der Waals surface area contributed by atoms with Gasteiger partial charge in [0.2, 0.25) is 5.76 Å². The fourth-order valence-corrected chi connectivity index (χ4v) is 4.53. The molecule has 5 rings (SSSR count). The normalized spacial score (nSPS) is 15.0. The Morgan fingerprint density at radius 3 is 2.59 bits per heavy atom. The van der Waals surface area contributed by atoms with Gasteiger partial charge in [-0.25, -0.2) is 0 Å². The van der Waals surface area contributed by atoms with Gasteiger partial charge in [0.1, 0.15) is 11.3 Å². The molecule has 0 aliphatic carbocycles. The van der Waals surface area contributed by atoms with E-state index < -0.39 is 16.9 Å². The highest BCUT2D eigenvalue weighted by Gasteiger charge is 2.44. The molecular weight excluding hydrogens is 460 g/mol. The molecular formula is C25H17ClN2O6. The largest absolute Gasteiger partial charge is 0.495 e. The van der Waals surface area contributed by atoms with Crippen molar-refractivity contribution in [2.45, 2.75) is 13.0 Å². The molecule has 0 saturated carbocycles. The van der Waals surface area contributed by atoms with E-state index in [0.29, 0.717) is 22.4 Å². The number of non-ortho nitro benzene ring substituents is 1. The average Bonchev–Trinajstić information content (AvgIpc) is 3.12. The van der Waals surface area contributed by atoms with Crippen LogP contribution in [0, 0.1) is 17.0 Å². The fraction of sp³-hybridized carbons (Fsp3) is 0.120. The number of methoxy groups -OCH3 is 1. The third-order valence-electron chi connectivity index (χ3n) is 5.84. The topological polar surface area (TPSA) is 103 Å². The third kappa shape index (κ3) is 3.31. The van der Waals surface area contributed by atoms with Crippen LogP contribution in [0.3, 0.4) is 0 Å². The second-order valence-corrected chi connectivity index (χ2v) is 8.33. The van der Waals surface area contributed by atoms with Crippen molar-refractivity contribution >= 4 is 39.9 Å². The maximum Gasteiger partial charge on any atom is 0.295 e. The monoisotopic (exact) mass is 476 g/mol. The highest BCUT2D eigenvalue weighted by Crippen LogP contribution is 2.43. The van der Waals surface area contributed by atoms with Gasteiger partial charge in [0, 0.05) is 17.8 Å². The predicted octanol–water partition coefficient (Wildman–Crippen LogP) is 5.42. The van der Waals surface area contributed by atoms with E-state index in [0.717, 1.165) is 5.56 Å². The number of ether oxygens (including phenoxy) is 1. The third-order valence-corrected chi connectivity index (χ3v) is 6.13. The molecule has 9 heteroatoms. The maximum atomic E-state index is 13.6. The smallest absolute Gasteiger partial charge is 0.295 e. The Morgan fingerprint density at radius 1 is 1.09 bits per heavy atom. The van der Waals surface area contributed by atoms with E-state index in [1.807, 2.05) is 6.92 Å². The number of carbonyl (C=O) groups excluding carboxylic acids is 1. The zero-order valence-corrected chi connectivity index (χ0v) is 18.8. The minimum Gasteiger partial charge on any atom is -0.495 e. The van der Waals surface area contributed by atoms with Gasteiger partial charge in [-0.3, -0.25) is 24.6 Å². The van der Waals surface area contributed by atoms with E-state index in [-0.39, 0.29) is 33.0 Å². The number of halogens is 1. The SMILES string of the molecule is COc1ccc(N2C(=O)c3oc4ccc(C)cc4c(=O)c3C2c2cccc([N+](=O)[O-])c2)cc1Cl. The van der Waals surface area contributed by atoms with Gasteiger partial charge in [0.05, 0.1) is 34.0 Å². The van der Waals surface area contributed by atoms with Crippen LogP contribution in [-0.2, 0) is 0 Å². The van der Waals surface area contributed by atoms with Gasteiger partial charge >= 0.3 is 0 Å². The minimum absolute atomic E-state index is 0.107. The van der Waals surface area contributed by atoms with Crippen LogP contribution in [0.25, 0.3) is 11.0 Å². The molecule has 0 fully saturated rings. The molecule has 1 atom stereocenters. The Morgan fingerprint density at radius 2 is 1.88 bits per heavy atom. The molecule has 170 valence electrons. The number of nitrogens with zero attached hydrogens (tertiary/aromatic N) is 2. The Kier molecular flexibility index (Phi) is 5.10. The lowest BCUT2D eigenvalue weighted by Gasteiger charge is -2.25. The molecule has 0 bridgehead atoms. The lowest BCUT2D eigenvalue weighted by molar-refractivity contribution is -0.384. The first-order valence-corrected chi connectivity index (χ1v) is 10.7. The quantitative estimate of drug-likeness (QED) is 0.288. The lowest BCUT2D eigenvalue weighted by Crippen LogP contribution is -2.29. The van der Waals surface area contributed by atoms with Crippen LogP contribution in [0.4, 0.5) is 11.4 Å². The van der Waals surface area contributed by atoms with Crippen molar-refractivity contribution in [2.75, 3.05) is 12.0 Å². The van der Waals surface area contributed by atoms with E-state index in [1.165, 1.54) is 30.2 Å². The van der Waals surface area contributed by atoms with Crippen molar-refractivity contribution in [1.29, 1.82) is 0 Å². The van der Waals surface area contributed by atoms with Gasteiger partial charge in [0.15, 0.2) is 5.43 Å². The molecule has 1 aromatic heterocycles. The van der Waals surface area contributed by atoms with Crippen molar-refractivity contribution < 1.29 is 18.9 Å². The number of hydrogen-bond donors (Lipinski definition) is 0. The number of aryl methyl sites for hydroxylation is 1. The molecule has 0 saturated heterocycles. The molecule has 1 aliphatic rings. The van der Waals surface area contributed by atoms with E-state index >= 15 is 0 Å². The van der Waals surface area contributed by atoms with E-state index in [2.05, 4.69) is 0 Å². The van der Waals surface area contributed by atoms with E-state index in [4.69, 9.17) is 20.8 Å². The van der Waals surface area contributed by atoms with Gasteiger partial charge < -0.3 is 9.15 Å². The van der Waals surface area contributed by atoms with E-state index in [1.54, 1.807) is 42.5 Å². The first-order valence-electron chi connectivity index (χ1n) is 10.3. The standard InChI is InChI=1S/C25H17ClN2O6/c1-13-6-8-19-17(10-13)23(29)21-22(14-4-3-5-16(11-14)28(31)32)27(25(30)24(21)34-19)15-7-9-20(33-2)18(26)12-15/h3-12,22H,1-2H3. The lowest BCUT2D eigenvalue weighted by atomic mass is 9.97. The van der Waals surface area contributed by atoms with Crippen molar-refractivity contribution in [2.24, 2.45) is 0 Å². The Labute approximate surface area is 198 Å². The number of amides is 1. The second kappa shape index (κ2) is 8.00. The van der Waals surface area contributed by atoms with Crippen LogP contribution in [-0.4, -0.2) is 17.9 Å². The zero-order chi connectivity index (χ0) is 24.1. The summed E-state index contributed by atoms with van der Waals surface area (Å²) in [6.45, 7) is 1.85. The van der Waals surface area contributed by atoms with Crippen molar-refractivity contribution in [3.8, 4) is 5.75 Å². The van der Waals surface area contributed by atoms with Crippen LogP contribution < -0.4 is 15.1 Å². The van der Waals surface area contributed by atoms with Gasteiger partial charge in [0.25, 0.3) is 11.6 Å². The molecule has 0 radical (unpaired) electrons. The number of hydrogen-bond acceptors (Lipinski definition) is 6. The summed E-state index contributed by atoms with van der Waals surface area (Å²) >= 11 is 6.32. The number of anilines is 1. The number of rotatable bonds is 4. The highest BCUT2D eigenvalue weighted by molar-refractivity contribution is 6.32. The van der Waals surface area contributed by atoms with Gasteiger partial charge in [-0.2, -0.15) is 0 Å². The zero-order valence-electron chi connectivity index (χ0n) is 18.1. The molecule has 8 nitrogen and oxygen atoms in total. The molecule has 34 heavy (non-hydrogen) atoms. The Bertz CT molecular complexity index is 1560. The summed E-state index contributed by atoms with van der Waals surface area (Å²) in [7, 11) is 1.47. The van der Waals surface area contributed by atoms with Gasteiger partial charge in [-0.05, 0) is 42.8 Å². The van der Waals surface area contributed by atoms with Crippen LogP contribution in [0.1, 0.15) is 33.3 Å². The Hall–Kier alpha value is -4.17. The number of nitro benzene ring substituents is 1. The van der Waals surface area contributed by atoms with E-state index in [9.17, 15) is 19.7 Å². The van der Waals surface area contributed by atoms with Gasteiger partial charge in [-0.15, -0.1) is 0 Å². The molecule has 2 heterocycles. The fourth-order valence-electron chi connectivity index (χ4n) is 4.28. The molecule has 1 amide bonds. The average molecular weight is 477 g/mol. The summed E-state index contributed by atoms with van der Waals surface area (Å²) < 4.78 is 11.1. The predicted molar refractivity (Wildman–Crippen MR) is 127 cm³/mol. The van der Waals surface area contributed by atoms with Crippen molar-refractivity contribution in [3.05, 3.63) is 108 Å². The maximum absolute atomic E-state index is 13.6. The molecule has 4 aromatic rings. The summed E-state index contributed by atoms with van der Waals surface area (Å²) in [5.41, 5.74) is 1.52. The first-order chi connectivity index (χ1) is 16.3. The summed E-state index contributed by atoms with van der Waals surface area (Å²) in [5.74, 6) is -0.242. The number of fused-ring (bicyclic) bond motifs is 2. The summed E-state index contributed by atoms with van der Waals surface area (Å²) in [6.07, 6.45) is 0. The minimum atomic E-state index is -0.951. The summed E-state index contributed by atoms with van der Waals surface area (Å²) in [5, 5.41) is 12.0. The first kappa shape index (κ1) is 21.7. The molecule has 0 spiro atoms. The highest BCUT2D eigenvalue weighted by atomic mass is 35.5. The summed E-state index contributed by atoms with van der Waals surface area (Å²) in [4.78, 5) is 39.5. The van der Waals surface area contributed by atoms with Crippen molar-refractivity contribution in [3.63, 3.8) is 0 Å². The van der Waals surface area contributed by atoms with Crippen LogP contribution in [0.5, 0.6) is 5.75 Å². The number of nitro groups is 1. The summed E-state index contributed by atoms with van der Waals surface area (Å²) in [6, 6.07) is 14.8.